The van der Waals surface area contributed by atoms with Crippen LogP contribution in [-0.4, -0.2) is 55.8 Å². The maximum Gasteiger partial charge on any atom is 0.490 e. The van der Waals surface area contributed by atoms with Crippen LogP contribution in [0.5, 0.6) is 0 Å². The Morgan fingerprint density at radius 3 is 2.39 bits per heavy atom. The number of aryl methyl sites for hydroxylation is 1. The molecule has 1 fully saturated rings. The van der Waals surface area contributed by atoms with Crippen molar-refractivity contribution in [3.8, 4) is 5.69 Å². The van der Waals surface area contributed by atoms with Crippen LogP contribution in [0.1, 0.15) is 22.2 Å². The van der Waals surface area contributed by atoms with Crippen molar-refractivity contribution in [2.75, 3.05) is 18.4 Å². The lowest BCUT2D eigenvalue weighted by Crippen LogP contribution is -2.45. The fraction of sp³-hybridized carbons (Fsp3) is 0.263. The van der Waals surface area contributed by atoms with Crippen LogP contribution in [0.3, 0.4) is 0 Å². The maximum absolute atomic E-state index is 14.0. The highest BCUT2D eigenvalue weighted by molar-refractivity contribution is 6.02. The Bertz CT molecular complexity index is 1170. The zero-order valence-electron chi connectivity index (χ0n) is 16.9. The average molecular weight is 472 g/mol. The molecule has 1 aromatic carbocycles. The lowest BCUT2D eigenvalue weighted by Gasteiger charge is -2.28. The number of carbonyl (C=O) groups is 2. The van der Waals surface area contributed by atoms with E-state index in [4.69, 9.17) is 9.90 Å². The number of nitrogens with one attached hydrogen (secondary N) is 2. The van der Waals surface area contributed by atoms with Gasteiger partial charge in [-0.1, -0.05) is 0 Å². The highest BCUT2D eigenvalue weighted by atomic mass is 19.4. The smallest absolute Gasteiger partial charge is 0.475 e. The van der Waals surface area contributed by atoms with Crippen molar-refractivity contribution in [2.24, 2.45) is 0 Å². The summed E-state index contributed by atoms with van der Waals surface area (Å²) in [6, 6.07) is 6.65. The number of amides is 1. The van der Waals surface area contributed by atoms with E-state index >= 15 is 0 Å². The van der Waals surface area contributed by atoms with Gasteiger partial charge in [-0.3, -0.25) is 9.48 Å². The second-order valence-corrected chi connectivity index (χ2v) is 6.91. The van der Waals surface area contributed by atoms with Crippen molar-refractivity contribution in [1.29, 1.82) is 0 Å². The van der Waals surface area contributed by atoms with E-state index in [1.165, 1.54) is 10.7 Å². The molecule has 1 saturated heterocycles. The summed E-state index contributed by atoms with van der Waals surface area (Å²) in [6.07, 6.45) is -3.51. The average Bonchev–Trinajstić information content (AvgIpc) is 3.27. The second-order valence-electron chi connectivity index (χ2n) is 6.91. The molecule has 3 aromatic rings. The molecule has 0 spiro atoms. The van der Waals surface area contributed by atoms with Crippen molar-refractivity contribution in [3.05, 3.63) is 59.6 Å². The molecule has 9 nitrogen and oxygen atoms in total. The Morgan fingerprint density at radius 2 is 1.85 bits per heavy atom. The largest absolute Gasteiger partial charge is 0.490 e. The molecule has 1 amide bonds. The third kappa shape index (κ3) is 5.52. The fourth-order valence-electron chi connectivity index (χ4n) is 2.84. The van der Waals surface area contributed by atoms with Gasteiger partial charge in [0, 0.05) is 37.1 Å². The summed E-state index contributed by atoms with van der Waals surface area (Å²) in [6.45, 7) is 3.24. The molecule has 0 aliphatic carbocycles. The molecule has 14 heteroatoms. The number of carboxylic acid groups (broad SMARTS) is 1. The first-order valence-electron chi connectivity index (χ1n) is 9.35. The fourth-order valence-corrected chi connectivity index (χ4v) is 2.84. The Labute approximate surface area is 182 Å². The summed E-state index contributed by atoms with van der Waals surface area (Å²) in [5.74, 6) is -4.23. The lowest BCUT2D eigenvalue weighted by atomic mass is 10.2. The summed E-state index contributed by atoms with van der Waals surface area (Å²) in [4.78, 5) is 21.4. The SMILES string of the molecule is Cc1cc(NC(=O)c2ccnn2C2CNC2)nn1-c1ccc(F)cc1F.O=C(O)C(F)(F)F. The first kappa shape index (κ1) is 23.8. The van der Waals surface area contributed by atoms with Gasteiger partial charge in [-0.15, -0.1) is 5.10 Å². The first-order chi connectivity index (χ1) is 15.5. The molecule has 0 saturated carbocycles. The molecule has 0 unspecified atom stereocenters. The van der Waals surface area contributed by atoms with Crippen molar-refractivity contribution in [2.45, 2.75) is 19.1 Å². The Hall–Kier alpha value is -3.81. The number of carboxylic acids is 1. The maximum atomic E-state index is 14.0. The van der Waals surface area contributed by atoms with Crippen LogP contribution < -0.4 is 10.6 Å². The zero-order valence-corrected chi connectivity index (χ0v) is 16.9. The van der Waals surface area contributed by atoms with Gasteiger partial charge < -0.3 is 15.7 Å². The van der Waals surface area contributed by atoms with E-state index < -0.39 is 23.8 Å². The third-order valence-corrected chi connectivity index (χ3v) is 4.52. The predicted octanol–water partition coefficient (Wildman–Crippen LogP) is 2.69. The summed E-state index contributed by atoms with van der Waals surface area (Å²) >= 11 is 0. The van der Waals surface area contributed by atoms with Crippen LogP contribution in [0, 0.1) is 18.6 Å². The van der Waals surface area contributed by atoms with E-state index in [0.29, 0.717) is 11.4 Å². The highest BCUT2D eigenvalue weighted by Gasteiger charge is 2.38. The van der Waals surface area contributed by atoms with Gasteiger partial charge in [0.25, 0.3) is 5.91 Å². The number of anilines is 1. The lowest BCUT2D eigenvalue weighted by molar-refractivity contribution is -0.192. The van der Waals surface area contributed by atoms with Crippen molar-refractivity contribution in [1.82, 2.24) is 24.9 Å². The molecule has 0 radical (unpaired) electrons. The summed E-state index contributed by atoms with van der Waals surface area (Å²) < 4.78 is 61.8. The van der Waals surface area contributed by atoms with Crippen molar-refractivity contribution >= 4 is 17.7 Å². The molecule has 2 aromatic heterocycles. The zero-order chi connectivity index (χ0) is 24.3. The van der Waals surface area contributed by atoms with E-state index in [9.17, 15) is 26.7 Å². The van der Waals surface area contributed by atoms with Gasteiger partial charge in [0.15, 0.2) is 11.6 Å². The van der Waals surface area contributed by atoms with Crippen LogP contribution in [0.15, 0.2) is 36.5 Å². The summed E-state index contributed by atoms with van der Waals surface area (Å²) in [5.41, 5.74) is 1.13. The number of hydrogen-bond acceptors (Lipinski definition) is 5. The normalized spacial score (nSPS) is 13.6. The quantitative estimate of drug-likeness (QED) is 0.504. The molecule has 4 rings (SSSR count). The minimum atomic E-state index is -5.08. The molecular weight excluding hydrogens is 455 g/mol. The molecule has 1 aliphatic heterocycles. The number of hydrogen-bond donors (Lipinski definition) is 3. The van der Waals surface area contributed by atoms with Gasteiger partial charge >= 0.3 is 12.1 Å². The van der Waals surface area contributed by atoms with Crippen LogP contribution >= 0.6 is 0 Å². The number of alkyl halides is 3. The third-order valence-electron chi connectivity index (χ3n) is 4.52. The number of nitrogens with zero attached hydrogens (tertiary/aromatic N) is 4. The standard InChI is InChI=1S/C17H16F2N6O.C2HF3O2/c1-10-6-16(23-24(10)14-3-2-11(18)7-13(14)19)22-17(26)15-4-5-21-25(15)12-8-20-9-12;3-2(4,5)1(6)7/h2-7,12,20H,8-9H2,1H3,(H,22,23,26);(H,6,7). The van der Waals surface area contributed by atoms with Crippen LogP contribution in [0.25, 0.3) is 5.69 Å². The van der Waals surface area contributed by atoms with E-state index in [1.54, 1.807) is 29.9 Å². The number of halogens is 5. The Kier molecular flexibility index (Phi) is 6.76. The second kappa shape index (κ2) is 9.36. The molecule has 0 atom stereocenters. The highest BCUT2D eigenvalue weighted by Crippen LogP contribution is 2.20. The number of aromatic nitrogens is 4. The molecule has 3 N–H and O–H groups in total. The molecule has 3 heterocycles. The number of benzene rings is 1. The monoisotopic (exact) mass is 472 g/mol. The predicted molar refractivity (Wildman–Crippen MR) is 104 cm³/mol. The van der Waals surface area contributed by atoms with Crippen LogP contribution in [0.4, 0.5) is 27.8 Å². The number of rotatable bonds is 4. The van der Waals surface area contributed by atoms with Crippen LogP contribution in [-0.2, 0) is 4.79 Å². The van der Waals surface area contributed by atoms with E-state index in [0.717, 1.165) is 25.2 Å². The van der Waals surface area contributed by atoms with Crippen LogP contribution in [0.2, 0.25) is 0 Å². The van der Waals surface area contributed by atoms with Crippen molar-refractivity contribution in [3.63, 3.8) is 0 Å². The van der Waals surface area contributed by atoms with Gasteiger partial charge in [0.05, 0.1) is 6.04 Å². The summed E-state index contributed by atoms with van der Waals surface area (Å²) in [7, 11) is 0. The Morgan fingerprint density at radius 1 is 1.18 bits per heavy atom. The molecule has 176 valence electrons. The topological polar surface area (TPSA) is 114 Å². The molecule has 0 bridgehead atoms. The number of carbonyl (C=O) groups excluding carboxylic acids is 1. The molecule has 33 heavy (non-hydrogen) atoms. The van der Waals surface area contributed by atoms with Gasteiger partial charge in [-0.05, 0) is 25.1 Å². The van der Waals surface area contributed by atoms with Gasteiger partial charge in [0.2, 0.25) is 0 Å². The van der Waals surface area contributed by atoms with Crippen molar-refractivity contribution < 1.29 is 36.6 Å². The van der Waals surface area contributed by atoms with E-state index in [-0.39, 0.29) is 23.5 Å². The first-order valence-corrected chi connectivity index (χ1v) is 9.35. The van der Waals surface area contributed by atoms with E-state index in [1.807, 2.05) is 0 Å². The summed E-state index contributed by atoms with van der Waals surface area (Å²) in [5, 5.41) is 21.4. The minimum absolute atomic E-state index is 0.106. The molecule has 1 aliphatic rings. The van der Waals surface area contributed by atoms with Gasteiger partial charge in [0.1, 0.15) is 17.2 Å². The Balaban J connectivity index is 0.000000383. The van der Waals surface area contributed by atoms with E-state index in [2.05, 4.69) is 20.8 Å². The number of aliphatic carboxylic acids is 1. The van der Waals surface area contributed by atoms with Gasteiger partial charge in [-0.25, -0.2) is 18.3 Å². The van der Waals surface area contributed by atoms with Gasteiger partial charge in [-0.2, -0.15) is 18.3 Å². The molecular formula is C19H17F5N6O3. The minimum Gasteiger partial charge on any atom is -0.475 e.